The molecule has 0 bridgehead atoms. The van der Waals surface area contributed by atoms with Crippen molar-refractivity contribution >= 4 is 5.69 Å². The molecule has 1 saturated heterocycles. The highest BCUT2D eigenvalue weighted by atomic mass is 19.1. The molecule has 0 aromatic heterocycles. The van der Waals surface area contributed by atoms with E-state index >= 15 is 0 Å². The van der Waals surface area contributed by atoms with Crippen molar-refractivity contribution in [3.63, 3.8) is 0 Å². The topological polar surface area (TPSA) is 21.3 Å². The van der Waals surface area contributed by atoms with Crippen molar-refractivity contribution in [3.8, 4) is 0 Å². The van der Waals surface area contributed by atoms with Crippen molar-refractivity contribution in [1.29, 1.82) is 0 Å². The summed E-state index contributed by atoms with van der Waals surface area (Å²) in [5, 5.41) is 2.80. The first-order valence-electron chi connectivity index (χ1n) is 6.07. The van der Waals surface area contributed by atoms with Gasteiger partial charge in [0, 0.05) is 13.2 Å². The van der Waals surface area contributed by atoms with Crippen molar-refractivity contribution in [2.45, 2.75) is 31.8 Å². The van der Waals surface area contributed by atoms with Gasteiger partial charge in [0.25, 0.3) is 0 Å². The maximum Gasteiger partial charge on any atom is 0.149 e. The molecule has 1 unspecified atom stereocenters. The summed E-state index contributed by atoms with van der Waals surface area (Å²) in [5.41, 5.74) is -0.0279. The molecule has 94 valence electrons. The first-order valence-corrected chi connectivity index (χ1v) is 6.07. The van der Waals surface area contributed by atoms with Crippen LogP contribution in [0.4, 0.5) is 14.5 Å². The number of hydrogen-bond acceptors (Lipinski definition) is 2. The molecule has 0 amide bonds. The van der Waals surface area contributed by atoms with E-state index in [9.17, 15) is 8.78 Å². The maximum absolute atomic E-state index is 13.3. The van der Waals surface area contributed by atoms with Crippen LogP contribution in [0.25, 0.3) is 0 Å². The van der Waals surface area contributed by atoms with E-state index in [2.05, 4.69) is 5.32 Å². The van der Waals surface area contributed by atoms with E-state index in [1.165, 1.54) is 18.2 Å². The summed E-state index contributed by atoms with van der Waals surface area (Å²) >= 11 is 0. The molecule has 1 aliphatic rings. The van der Waals surface area contributed by atoms with Crippen molar-refractivity contribution in [1.82, 2.24) is 0 Å². The van der Waals surface area contributed by atoms with Crippen LogP contribution in [0.15, 0.2) is 18.2 Å². The largest absolute Gasteiger partial charge is 0.380 e. The maximum atomic E-state index is 13.3. The molecule has 1 aromatic carbocycles. The van der Waals surface area contributed by atoms with Gasteiger partial charge in [0.2, 0.25) is 0 Å². The van der Waals surface area contributed by atoms with Crippen molar-refractivity contribution in [2.24, 2.45) is 0 Å². The molecule has 0 spiro atoms. The monoisotopic (exact) mass is 241 g/mol. The molecule has 17 heavy (non-hydrogen) atoms. The zero-order valence-corrected chi connectivity index (χ0v) is 9.72. The summed E-state index contributed by atoms with van der Waals surface area (Å²) in [4.78, 5) is 0. The Bertz CT molecular complexity index is 344. The normalized spacial score (nSPS) is 19.5. The van der Waals surface area contributed by atoms with Crippen molar-refractivity contribution in [3.05, 3.63) is 29.8 Å². The Hall–Kier alpha value is -1.16. The molecular formula is C13H17F2NO. The van der Waals surface area contributed by atoms with E-state index < -0.39 is 11.6 Å². The number of halogens is 2. The molecule has 1 aliphatic heterocycles. The molecule has 1 atom stereocenters. The Morgan fingerprint density at radius 2 is 2.06 bits per heavy atom. The minimum absolute atomic E-state index is 0.0279. The summed E-state index contributed by atoms with van der Waals surface area (Å²) in [6, 6.07) is 3.87. The van der Waals surface area contributed by atoms with Crippen molar-refractivity contribution < 1.29 is 13.5 Å². The molecular weight excluding hydrogens is 224 g/mol. The van der Waals surface area contributed by atoms with Gasteiger partial charge in [-0.05, 0) is 37.8 Å². The Morgan fingerprint density at radius 3 is 2.71 bits per heavy atom. The van der Waals surface area contributed by atoms with Crippen LogP contribution in [0, 0.1) is 11.6 Å². The van der Waals surface area contributed by atoms with Gasteiger partial charge >= 0.3 is 0 Å². The second-order valence-electron chi connectivity index (χ2n) is 4.30. The van der Waals surface area contributed by atoms with Gasteiger partial charge in [-0.3, -0.25) is 0 Å². The van der Waals surface area contributed by atoms with Crippen LogP contribution in [-0.4, -0.2) is 19.3 Å². The number of hydrogen-bond donors (Lipinski definition) is 1. The van der Waals surface area contributed by atoms with E-state index in [1.54, 1.807) is 0 Å². The summed E-state index contributed by atoms with van der Waals surface area (Å²) in [7, 11) is 0. The van der Waals surface area contributed by atoms with Crippen molar-refractivity contribution in [2.75, 3.05) is 18.5 Å². The van der Waals surface area contributed by atoms with Gasteiger partial charge in [0.1, 0.15) is 17.3 Å². The van der Waals surface area contributed by atoms with Crippen LogP contribution in [0.2, 0.25) is 0 Å². The van der Waals surface area contributed by atoms with E-state index in [1.807, 2.05) is 0 Å². The van der Waals surface area contributed by atoms with Gasteiger partial charge in [-0.25, -0.2) is 8.78 Å². The molecule has 1 N–H and O–H groups in total. The second kappa shape index (κ2) is 5.96. The third-order valence-corrected chi connectivity index (χ3v) is 2.99. The van der Waals surface area contributed by atoms with Gasteiger partial charge in [-0.1, -0.05) is 6.07 Å². The first kappa shape index (κ1) is 12.3. The molecule has 0 aliphatic carbocycles. The Morgan fingerprint density at radius 1 is 1.29 bits per heavy atom. The second-order valence-corrected chi connectivity index (χ2v) is 4.30. The summed E-state index contributed by atoms with van der Waals surface area (Å²) < 4.78 is 32.0. The molecule has 2 nitrogen and oxygen atoms in total. The molecule has 0 radical (unpaired) electrons. The number of nitrogens with one attached hydrogen (secondary N) is 1. The van der Waals surface area contributed by atoms with Crippen LogP contribution in [-0.2, 0) is 4.74 Å². The number of benzene rings is 1. The standard InChI is InChI=1S/C13H17F2NO/c14-11-6-1-7-12(15)13(11)16-8-2-4-10-5-3-9-17-10/h1,6-7,10,16H,2-5,8-9H2. The number of ether oxygens (including phenoxy) is 1. The molecule has 2 rings (SSSR count). The Kier molecular flexibility index (Phi) is 4.31. The fraction of sp³-hybridized carbons (Fsp3) is 0.538. The van der Waals surface area contributed by atoms with Crippen LogP contribution in [0.5, 0.6) is 0 Å². The predicted molar refractivity (Wildman–Crippen MR) is 63.1 cm³/mol. The van der Waals surface area contributed by atoms with Crippen LogP contribution in [0.3, 0.4) is 0 Å². The lowest BCUT2D eigenvalue weighted by Crippen LogP contribution is -2.10. The highest BCUT2D eigenvalue weighted by Gasteiger charge is 2.14. The van der Waals surface area contributed by atoms with E-state index in [-0.39, 0.29) is 5.69 Å². The SMILES string of the molecule is Fc1cccc(F)c1NCCCC1CCCO1. The van der Waals surface area contributed by atoms with Gasteiger partial charge in [-0.2, -0.15) is 0 Å². The minimum Gasteiger partial charge on any atom is -0.380 e. The molecule has 1 fully saturated rings. The lowest BCUT2D eigenvalue weighted by Gasteiger charge is -2.11. The lowest BCUT2D eigenvalue weighted by molar-refractivity contribution is 0.103. The average Bonchev–Trinajstić information content (AvgIpc) is 2.80. The van der Waals surface area contributed by atoms with E-state index in [0.29, 0.717) is 12.6 Å². The lowest BCUT2D eigenvalue weighted by atomic mass is 10.1. The summed E-state index contributed by atoms with van der Waals surface area (Å²) in [6.07, 6.45) is 4.37. The molecule has 1 aromatic rings. The number of rotatable bonds is 5. The Labute approximate surface area is 100.0 Å². The van der Waals surface area contributed by atoms with Gasteiger partial charge in [0.15, 0.2) is 0 Å². The Balaban J connectivity index is 1.74. The fourth-order valence-electron chi connectivity index (χ4n) is 2.08. The van der Waals surface area contributed by atoms with Crippen LogP contribution in [0.1, 0.15) is 25.7 Å². The third-order valence-electron chi connectivity index (χ3n) is 2.99. The molecule has 4 heteroatoms. The zero-order chi connectivity index (χ0) is 12.1. The van der Waals surface area contributed by atoms with Gasteiger partial charge in [0.05, 0.1) is 6.10 Å². The number of anilines is 1. The summed E-state index contributed by atoms with van der Waals surface area (Å²) in [5.74, 6) is -1.08. The van der Waals surface area contributed by atoms with E-state index in [0.717, 1.165) is 32.3 Å². The third kappa shape index (κ3) is 3.40. The number of para-hydroxylation sites is 1. The van der Waals surface area contributed by atoms with Gasteiger partial charge in [-0.15, -0.1) is 0 Å². The van der Waals surface area contributed by atoms with Crippen LogP contribution < -0.4 is 5.32 Å². The smallest absolute Gasteiger partial charge is 0.149 e. The average molecular weight is 241 g/mol. The molecule has 1 heterocycles. The highest BCUT2D eigenvalue weighted by Crippen LogP contribution is 2.19. The molecule has 0 saturated carbocycles. The first-order chi connectivity index (χ1) is 8.27. The minimum atomic E-state index is -0.540. The summed E-state index contributed by atoms with van der Waals surface area (Å²) in [6.45, 7) is 1.41. The predicted octanol–water partition coefficient (Wildman–Crippen LogP) is 3.34. The zero-order valence-electron chi connectivity index (χ0n) is 9.72. The quantitative estimate of drug-likeness (QED) is 0.798. The highest BCUT2D eigenvalue weighted by molar-refractivity contribution is 5.45. The fourth-order valence-corrected chi connectivity index (χ4v) is 2.08. The van der Waals surface area contributed by atoms with Crippen LogP contribution >= 0.6 is 0 Å². The van der Waals surface area contributed by atoms with E-state index in [4.69, 9.17) is 4.74 Å². The van der Waals surface area contributed by atoms with Gasteiger partial charge < -0.3 is 10.1 Å².